The van der Waals surface area contributed by atoms with Crippen LogP contribution >= 0.6 is 31.9 Å². The van der Waals surface area contributed by atoms with Gasteiger partial charge in [0.15, 0.2) is 6.19 Å². The maximum atomic E-state index is 14.3. The summed E-state index contributed by atoms with van der Waals surface area (Å²) < 4.78 is 3.27. The number of likely N-dealkylation sites (N-methyl/N-ethyl adjacent to an activating group) is 1. The van der Waals surface area contributed by atoms with E-state index in [4.69, 9.17) is 10.7 Å². The maximum Gasteiger partial charge on any atom is 0.326 e. The first-order valence-electron chi connectivity index (χ1n) is 17.0. The zero-order valence-corrected chi connectivity index (χ0v) is 31.0. The number of piperidine rings is 2. The van der Waals surface area contributed by atoms with E-state index in [2.05, 4.69) is 59.0 Å². The Balaban J connectivity index is 1.18. The normalized spacial score (nSPS) is 19.5. The summed E-state index contributed by atoms with van der Waals surface area (Å²) in [5.41, 5.74) is 9.28. The van der Waals surface area contributed by atoms with E-state index in [0.29, 0.717) is 63.1 Å². The van der Waals surface area contributed by atoms with Gasteiger partial charge < -0.3 is 25.4 Å². The Labute approximate surface area is 304 Å². The fraction of sp³-hybridized carbons (Fsp3) is 0.486. The van der Waals surface area contributed by atoms with Crippen molar-refractivity contribution in [3.05, 3.63) is 73.7 Å². The molecule has 3 aliphatic rings. The second-order valence-electron chi connectivity index (χ2n) is 13.2. The van der Waals surface area contributed by atoms with E-state index in [9.17, 15) is 14.9 Å². The first kappa shape index (κ1) is 35.2. The largest absolute Gasteiger partial charge is 0.397 e. The van der Waals surface area contributed by atoms with Crippen molar-refractivity contribution in [2.75, 3.05) is 65.1 Å². The third-order valence-electron chi connectivity index (χ3n) is 10.1. The average molecular weight is 797 g/mol. The lowest BCUT2D eigenvalue weighted by atomic mass is 9.99. The monoisotopic (exact) mass is 794 g/mol. The number of carbonyl (C=O) groups excluding carboxylic acids is 1. The van der Waals surface area contributed by atoms with Crippen molar-refractivity contribution in [2.24, 2.45) is 4.99 Å². The van der Waals surface area contributed by atoms with Gasteiger partial charge in [-0.15, -0.1) is 0 Å². The number of piperazine rings is 1. The predicted molar refractivity (Wildman–Crippen MR) is 199 cm³/mol. The number of benzene rings is 2. The van der Waals surface area contributed by atoms with Gasteiger partial charge in [-0.05, 0) is 87.9 Å². The van der Waals surface area contributed by atoms with Crippen LogP contribution in [0.15, 0.2) is 67.4 Å². The summed E-state index contributed by atoms with van der Waals surface area (Å²) in [5.74, 6) is 0.340. The van der Waals surface area contributed by atoms with Gasteiger partial charge in [-0.25, -0.2) is 9.79 Å². The van der Waals surface area contributed by atoms with E-state index >= 15 is 0 Å². The molecule has 4 N–H and O–H groups in total. The van der Waals surface area contributed by atoms with Gasteiger partial charge >= 0.3 is 5.69 Å². The highest BCUT2D eigenvalue weighted by Gasteiger charge is 2.33. The number of nitrogens with zero attached hydrogens (tertiary/aromatic N) is 7. The number of carbonyl (C=O) groups is 1. The lowest BCUT2D eigenvalue weighted by Gasteiger charge is -2.42. The summed E-state index contributed by atoms with van der Waals surface area (Å²) in [7, 11) is 2.17. The van der Waals surface area contributed by atoms with E-state index < -0.39 is 6.04 Å². The fourth-order valence-electron chi connectivity index (χ4n) is 7.21. The van der Waals surface area contributed by atoms with E-state index in [-0.39, 0.29) is 17.6 Å². The van der Waals surface area contributed by atoms with Crippen LogP contribution in [-0.4, -0.2) is 113 Å². The molecule has 0 radical (unpaired) electrons. The molecule has 3 aromatic rings. The molecule has 4 heterocycles. The number of amides is 1. The van der Waals surface area contributed by atoms with Gasteiger partial charge in [-0.3, -0.25) is 19.6 Å². The minimum Gasteiger partial charge on any atom is -0.397 e. The minimum absolute atomic E-state index is 0.00398. The molecule has 0 saturated carbocycles. The van der Waals surface area contributed by atoms with Gasteiger partial charge in [-0.1, -0.05) is 30.3 Å². The Morgan fingerprint density at radius 1 is 0.980 bits per heavy atom. The highest BCUT2D eigenvalue weighted by Crippen LogP contribution is 2.31. The van der Waals surface area contributed by atoms with Gasteiger partial charge in [0.1, 0.15) is 6.04 Å². The van der Waals surface area contributed by atoms with Crippen molar-refractivity contribution in [1.82, 2.24) is 34.5 Å². The van der Waals surface area contributed by atoms with Crippen LogP contribution in [0, 0.1) is 11.5 Å². The molecule has 260 valence electrons. The molecule has 6 rings (SSSR count). The molecule has 49 heavy (non-hydrogen) atoms. The summed E-state index contributed by atoms with van der Waals surface area (Å²) in [5, 5.41) is 12.6. The summed E-state index contributed by atoms with van der Waals surface area (Å²) in [6.07, 6.45) is 7.54. The number of hydrogen-bond donors (Lipinski definition) is 3. The second-order valence-corrected chi connectivity index (χ2v) is 15.0. The van der Waals surface area contributed by atoms with Crippen LogP contribution in [0.3, 0.4) is 0 Å². The first-order valence-corrected chi connectivity index (χ1v) is 18.6. The molecule has 1 aromatic heterocycles. The van der Waals surface area contributed by atoms with Crippen LogP contribution in [0.4, 0.5) is 5.69 Å². The number of hydrogen-bond acceptors (Lipinski definition) is 7. The van der Waals surface area contributed by atoms with Crippen molar-refractivity contribution in [3.8, 4) is 17.5 Å². The van der Waals surface area contributed by atoms with Crippen molar-refractivity contribution in [2.45, 2.75) is 50.2 Å². The van der Waals surface area contributed by atoms with Gasteiger partial charge in [-0.2, -0.15) is 5.26 Å². The lowest BCUT2D eigenvalue weighted by Crippen LogP contribution is -2.54. The van der Waals surface area contributed by atoms with Crippen LogP contribution in [0.2, 0.25) is 0 Å². The van der Waals surface area contributed by atoms with Gasteiger partial charge in [0.2, 0.25) is 11.9 Å². The number of nitrogens with two attached hydrogens (primary N) is 1. The Hall–Kier alpha value is -3.64. The summed E-state index contributed by atoms with van der Waals surface area (Å²) in [4.78, 5) is 44.1. The smallest absolute Gasteiger partial charge is 0.326 e. The number of rotatable bonds is 7. The number of likely N-dealkylation sites (tertiary alicyclic amines) is 2. The van der Waals surface area contributed by atoms with Crippen molar-refractivity contribution in [3.63, 3.8) is 0 Å². The Kier molecular flexibility index (Phi) is 11.4. The number of imidazole rings is 1. The van der Waals surface area contributed by atoms with Gasteiger partial charge in [0, 0.05) is 86.0 Å². The highest BCUT2D eigenvalue weighted by molar-refractivity contribution is 9.11. The van der Waals surface area contributed by atoms with Crippen LogP contribution < -0.4 is 16.7 Å². The number of aromatic amines is 1. The van der Waals surface area contributed by atoms with E-state index in [1.54, 1.807) is 4.57 Å². The van der Waals surface area contributed by atoms with E-state index in [1.165, 1.54) is 0 Å². The molecule has 3 fully saturated rings. The third kappa shape index (κ3) is 8.40. The van der Waals surface area contributed by atoms with Crippen LogP contribution in [0.1, 0.15) is 37.3 Å². The van der Waals surface area contributed by atoms with Crippen molar-refractivity contribution < 1.29 is 4.79 Å². The number of nitrogens with one attached hydrogen (secondary N) is 2. The standard InChI is InChI=1S/C35H44Br2N10O2/c1-43-15-17-44(18-16-43)26-7-11-45(12-8-26)33(48)30(21-24-19-28(36)32(39)29(37)20-24)41-34(40-23-38)46-13-9-27(10-14-46)47-22-31(42-35(47)49)25-5-3-2-4-6-25/h2-6,19-20,22,26-27,30H,7-18,21,39H2,1H3,(H,40,41)(H,42,49)/t30-/m0/s1. The predicted octanol–water partition coefficient (Wildman–Crippen LogP) is 3.86. The Morgan fingerprint density at radius 2 is 1.59 bits per heavy atom. The molecule has 0 bridgehead atoms. The van der Waals surface area contributed by atoms with Crippen molar-refractivity contribution in [1.29, 1.82) is 5.26 Å². The molecule has 12 nitrogen and oxygen atoms in total. The second kappa shape index (κ2) is 15.9. The average Bonchev–Trinajstić information content (AvgIpc) is 3.52. The summed E-state index contributed by atoms with van der Waals surface area (Å²) >= 11 is 7.09. The highest BCUT2D eigenvalue weighted by atomic mass is 79.9. The lowest BCUT2D eigenvalue weighted by molar-refractivity contribution is -0.134. The number of anilines is 1. The molecule has 14 heteroatoms. The molecule has 2 aromatic carbocycles. The SMILES string of the molecule is CN1CCN(C2CCN(C(=O)[C@H](Cc3cc(Br)c(N)c(Br)c3)N=C(NC#N)N3CCC(n4cc(-c5ccccc5)[nH]c4=O)CC3)CC2)CC1. The van der Waals surface area contributed by atoms with Crippen LogP contribution in [-0.2, 0) is 11.2 Å². The Bertz CT molecular complexity index is 1710. The third-order valence-corrected chi connectivity index (χ3v) is 11.4. The summed E-state index contributed by atoms with van der Waals surface area (Å²) in [6, 6.07) is 13.4. The zero-order chi connectivity index (χ0) is 34.5. The molecule has 3 aliphatic heterocycles. The molecule has 0 aliphatic carbocycles. The zero-order valence-electron chi connectivity index (χ0n) is 27.8. The Morgan fingerprint density at radius 3 is 2.22 bits per heavy atom. The topological polar surface area (TPSA) is 142 Å². The number of guanidine groups is 1. The quantitative estimate of drug-likeness (QED) is 0.108. The molecule has 1 amide bonds. The van der Waals surface area contributed by atoms with E-state index in [1.807, 2.05) is 64.7 Å². The van der Waals surface area contributed by atoms with Crippen LogP contribution in [0.25, 0.3) is 11.3 Å². The van der Waals surface area contributed by atoms with E-state index in [0.717, 1.165) is 64.8 Å². The minimum atomic E-state index is -0.739. The van der Waals surface area contributed by atoms with Gasteiger partial charge in [0.25, 0.3) is 0 Å². The molecular weight excluding hydrogens is 752 g/mol. The number of H-pyrrole nitrogens is 1. The number of halogens is 2. The summed E-state index contributed by atoms with van der Waals surface area (Å²) in [6.45, 7) is 6.79. The molecule has 3 saturated heterocycles. The molecule has 1 atom stereocenters. The van der Waals surface area contributed by atoms with Crippen LogP contribution in [0.5, 0.6) is 0 Å². The number of aliphatic imine (C=N–C) groups is 1. The van der Waals surface area contributed by atoms with Crippen molar-refractivity contribution >= 4 is 49.4 Å². The van der Waals surface area contributed by atoms with Gasteiger partial charge in [0.05, 0.1) is 11.4 Å². The number of aromatic nitrogens is 2. The molecule has 0 spiro atoms. The first-order chi connectivity index (χ1) is 23.7. The maximum absolute atomic E-state index is 14.3. The molecule has 0 unspecified atom stereocenters. The fourth-order valence-corrected chi connectivity index (χ4v) is 8.49. The number of nitrogen functional groups attached to an aromatic ring is 1. The number of nitriles is 1. The molecular formula is C35H44Br2N10O2.